The molecule has 3 N–H and O–H groups in total. The molecule has 0 bridgehead atoms. The summed E-state index contributed by atoms with van der Waals surface area (Å²) in [7, 11) is 1.50. The minimum Gasteiger partial charge on any atom is -0.486 e. The van der Waals surface area contributed by atoms with E-state index in [2.05, 4.69) is 10.6 Å². The SMILES string of the molecule is CNC(=O)c1cc(C(=O)N[C@@H]2C[C@H]2CCO)cc2c1O[C@H](CF)[C@H]2C. The van der Waals surface area contributed by atoms with Gasteiger partial charge in [-0.3, -0.25) is 9.59 Å². The van der Waals surface area contributed by atoms with Crippen LogP contribution in [0.5, 0.6) is 5.75 Å². The second-order valence-electron chi connectivity index (χ2n) is 6.71. The molecule has 1 fully saturated rings. The van der Waals surface area contributed by atoms with Crippen molar-refractivity contribution < 1.29 is 23.8 Å². The molecule has 0 saturated heterocycles. The van der Waals surface area contributed by atoms with Gasteiger partial charge in [0.25, 0.3) is 11.8 Å². The van der Waals surface area contributed by atoms with Gasteiger partial charge in [0.2, 0.25) is 0 Å². The standard InChI is InChI=1S/C18H23FN2O4/c1-9-12-5-11(17(23)21-14-7-10(14)3-4-22)6-13(18(24)20-2)16(12)25-15(9)8-19/h5-6,9-10,14-15,22H,3-4,7-8H2,1-2H3,(H,20,24)(H,21,23)/t9-,10+,14+,15+/m0/s1. The number of ether oxygens (including phenoxy) is 1. The van der Waals surface area contributed by atoms with Crippen LogP contribution in [-0.2, 0) is 0 Å². The van der Waals surface area contributed by atoms with Crippen LogP contribution in [0.1, 0.15) is 52.0 Å². The lowest BCUT2D eigenvalue weighted by Crippen LogP contribution is -2.28. The number of aliphatic hydroxyl groups excluding tert-OH is 1. The largest absolute Gasteiger partial charge is 0.486 e. The third-order valence-corrected chi connectivity index (χ3v) is 5.06. The van der Waals surface area contributed by atoms with Crippen molar-refractivity contribution in [3.8, 4) is 5.75 Å². The third kappa shape index (κ3) is 3.33. The fourth-order valence-electron chi connectivity index (χ4n) is 3.34. The van der Waals surface area contributed by atoms with E-state index in [0.717, 1.165) is 6.42 Å². The number of hydrogen-bond acceptors (Lipinski definition) is 4. The normalized spacial score (nSPS) is 26.6. The number of carbonyl (C=O) groups is 2. The van der Waals surface area contributed by atoms with Gasteiger partial charge in [0, 0.05) is 36.7 Å². The molecule has 0 spiro atoms. The molecule has 0 radical (unpaired) electrons. The van der Waals surface area contributed by atoms with Gasteiger partial charge in [-0.15, -0.1) is 0 Å². The summed E-state index contributed by atoms with van der Waals surface area (Å²) in [5, 5.41) is 14.4. The Morgan fingerprint density at radius 2 is 2.12 bits per heavy atom. The quantitative estimate of drug-likeness (QED) is 0.723. The number of amides is 2. The number of carbonyl (C=O) groups excluding carboxylic acids is 2. The number of fused-ring (bicyclic) bond motifs is 1. The number of aliphatic hydroxyl groups is 1. The Labute approximate surface area is 145 Å². The number of alkyl halides is 1. The van der Waals surface area contributed by atoms with Gasteiger partial charge in [0.05, 0.1) is 5.56 Å². The lowest BCUT2D eigenvalue weighted by atomic mass is 9.94. The van der Waals surface area contributed by atoms with Crippen LogP contribution in [-0.4, -0.2) is 49.4 Å². The monoisotopic (exact) mass is 350 g/mol. The molecule has 4 atom stereocenters. The van der Waals surface area contributed by atoms with E-state index in [0.29, 0.717) is 29.2 Å². The molecule has 2 aliphatic rings. The molecule has 6 nitrogen and oxygen atoms in total. The molecule has 1 aromatic carbocycles. The number of nitrogens with one attached hydrogen (secondary N) is 2. The molecular weight excluding hydrogens is 327 g/mol. The van der Waals surface area contributed by atoms with Crippen LogP contribution in [0.2, 0.25) is 0 Å². The number of benzene rings is 1. The first-order valence-electron chi connectivity index (χ1n) is 8.54. The van der Waals surface area contributed by atoms with Crippen molar-refractivity contribution in [2.75, 3.05) is 20.3 Å². The maximum absolute atomic E-state index is 13.2. The van der Waals surface area contributed by atoms with Crippen molar-refractivity contribution in [3.63, 3.8) is 0 Å². The smallest absolute Gasteiger partial charge is 0.254 e. The van der Waals surface area contributed by atoms with E-state index in [1.807, 2.05) is 6.92 Å². The maximum Gasteiger partial charge on any atom is 0.254 e. The second kappa shape index (κ2) is 7.00. The zero-order chi connectivity index (χ0) is 18.1. The van der Waals surface area contributed by atoms with Gasteiger partial charge in [-0.1, -0.05) is 6.92 Å². The summed E-state index contributed by atoms with van der Waals surface area (Å²) in [6.07, 6.45) is 0.874. The van der Waals surface area contributed by atoms with E-state index in [1.54, 1.807) is 6.07 Å². The van der Waals surface area contributed by atoms with Crippen LogP contribution in [0.25, 0.3) is 0 Å². The first kappa shape index (κ1) is 17.7. The lowest BCUT2D eigenvalue weighted by molar-refractivity contribution is 0.0948. The Kier molecular flexibility index (Phi) is 4.94. The van der Waals surface area contributed by atoms with Crippen LogP contribution >= 0.6 is 0 Å². The topological polar surface area (TPSA) is 87.7 Å². The predicted octanol–water partition coefficient (Wildman–Crippen LogP) is 1.38. The Bertz CT molecular complexity index is 694. The molecule has 136 valence electrons. The van der Waals surface area contributed by atoms with Gasteiger partial charge >= 0.3 is 0 Å². The molecule has 3 rings (SSSR count). The second-order valence-corrected chi connectivity index (χ2v) is 6.71. The molecule has 1 heterocycles. The summed E-state index contributed by atoms with van der Waals surface area (Å²) in [6.45, 7) is 1.27. The zero-order valence-electron chi connectivity index (χ0n) is 14.3. The van der Waals surface area contributed by atoms with E-state index in [1.165, 1.54) is 13.1 Å². The van der Waals surface area contributed by atoms with Crippen molar-refractivity contribution in [2.24, 2.45) is 5.92 Å². The predicted molar refractivity (Wildman–Crippen MR) is 89.7 cm³/mol. The first-order valence-corrected chi connectivity index (χ1v) is 8.54. The fourth-order valence-corrected chi connectivity index (χ4v) is 3.34. The van der Waals surface area contributed by atoms with E-state index < -0.39 is 12.8 Å². The van der Waals surface area contributed by atoms with E-state index in [-0.39, 0.29) is 35.9 Å². The first-order chi connectivity index (χ1) is 12.0. The van der Waals surface area contributed by atoms with Gasteiger partial charge in [0.1, 0.15) is 18.5 Å². The van der Waals surface area contributed by atoms with Crippen LogP contribution < -0.4 is 15.4 Å². The highest BCUT2D eigenvalue weighted by Crippen LogP contribution is 2.42. The van der Waals surface area contributed by atoms with Crippen molar-refractivity contribution in [1.29, 1.82) is 0 Å². The Morgan fingerprint density at radius 1 is 1.36 bits per heavy atom. The molecule has 1 saturated carbocycles. The average molecular weight is 350 g/mol. The van der Waals surface area contributed by atoms with Crippen LogP contribution in [0.4, 0.5) is 4.39 Å². The van der Waals surface area contributed by atoms with Gasteiger partial charge in [-0.25, -0.2) is 4.39 Å². The average Bonchev–Trinajstić information content (AvgIpc) is 3.26. The zero-order valence-corrected chi connectivity index (χ0v) is 14.3. The minimum absolute atomic E-state index is 0.0589. The Balaban J connectivity index is 1.87. The highest BCUT2D eigenvalue weighted by Gasteiger charge is 2.39. The van der Waals surface area contributed by atoms with Crippen molar-refractivity contribution in [2.45, 2.75) is 37.8 Å². The van der Waals surface area contributed by atoms with E-state index in [9.17, 15) is 14.0 Å². The van der Waals surface area contributed by atoms with Crippen molar-refractivity contribution >= 4 is 11.8 Å². The highest BCUT2D eigenvalue weighted by molar-refractivity contribution is 6.02. The van der Waals surface area contributed by atoms with Gasteiger partial charge < -0.3 is 20.5 Å². The molecule has 1 aliphatic carbocycles. The van der Waals surface area contributed by atoms with Crippen LogP contribution in [0.3, 0.4) is 0 Å². The van der Waals surface area contributed by atoms with Gasteiger partial charge in [0.15, 0.2) is 0 Å². The minimum atomic E-state index is -0.657. The molecule has 0 unspecified atom stereocenters. The molecule has 1 aromatic rings. The van der Waals surface area contributed by atoms with Gasteiger partial charge in [-0.2, -0.15) is 0 Å². The molecule has 7 heteroatoms. The number of hydrogen-bond donors (Lipinski definition) is 3. The Hall–Kier alpha value is -2.15. The van der Waals surface area contributed by atoms with E-state index >= 15 is 0 Å². The molecule has 1 aliphatic heterocycles. The summed E-state index contributed by atoms with van der Waals surface area (Å²) in [6, 6.07) is 3.23. The number of rotatable bonds is 6. The Morgan fingerprint density at radius 3 is 2.76 bits per heavy atom. The summed E-state index contributed by atoms with van der Waals surface area (Å²) < 4.78 is 18.8. The van der Waals surface area contributed by atoms with Crippen LogP contribution in [0, 0.1) is 5.92 Å². The molecule has 2 amide bonds. The maximum atomic E-state index is 13.2. The third-order valence-electron chi connectivity index (χ3n) is 5.06. The van der Waals surface area contributed by atoms with Crippen molar-refractivity contribution in [3.05, 3.63) is 28.8 Å². The lowest BCUT2D eigenvalue weighted by Gasteiger charge is -2.11. The van der Waals surface area contributed by atoms with Gasteiger partial charge in [-0.05, 0) is 30.9 Å². The highest BCUT2D eigenvalue weighted by atomic mass is 19.1. The van der Waals surface area contributed by atoms with Crippen molar-refractivity contribution in [1.82, 2.24) is 10.6 Å². The summed E-state index contributed by atoms with van der Waals surface area (Å²) >= 11 is 0. The summed E-state index contributed by atoms with van der Waals surface area (Å²) in [5.41, 5.74) is 1.29. The van der Waals surface area contributed by atoms with Crippen LogP contribution in [0.15, 0.2) is 12.1 Å². The summed E-state index contributed by atoms with van der Waals surface area (Å²) in [5.74, 6) is -0.216. The fraction of sp³-hybridized carbons (Fsp3) is 0.556. The van der Waals surface area contributed by atoms with E-state index in [4.69, 9.17) is 9.84 Å². The molecule has 0 aromatic heterocycles. The molecule has 25 heavy (non-hydrogen) atoms. The number of halogens is 1. The molecular formula is C18H23FN2O4. The summed E-state index contributed by atoms with van der Waals surface area (Å²) in [4.78, 5) is 24.7.